The molecule has 0 heterocycles. The molecule has 33 heavy (non-hydrogen) atoms. The number of carbonyl (C=O) groups excluding carboxylic acids is 4. The van der Waals surface area contributed by atoms with E-state index in [9.17, 15) is 39.6 Å². The van der Waals surface area contributed by atoms with Crippen LogP contribution in [0.5, 0.6) is 5.75 Å². The Morgan fingerprint density at radius 1 is 1.18 bits per heavy atom. The summed E-state index contributed by atoms with van der Waals surface area (Å²) in [4.78, 5) is 49.0. The van der Waals surface area contributed by atoms with Crippen LogP contribution in [0.3, 0.4) is 0 Å². The maximum atomic E-state index is 13.4. The van der Waals surface area contributed by atoms with Gasteiger partial charge in [0.2, 0.25) is 5.78 Å². The van der Waals surface area contributed by atoms with Gasteiger partial charge in [0, 0.05) is 24.3 Å². The molecule has 0 saturated heterocycles. The summed E-state index contributed by atoms with van der Waals surface area (Å²) < 4.78 is 4.66. The molecule has 3 aliphatic rings. The summed E-state index contributed by atoms with van der Waals surface area (Å²) in [6, 6.07) is 2.95. The number of aliphatic hydroxyl groups is 3. The number of hydrogen-bond donors (Lipinski definition) is 5. The molecule has 10 heteroatoms. The number of hydrogen-bond acceptors (Lipinski definition) is 9. The van der Waals surface area contributed by atoms with Crippen molar-refractivity contribution in [1.29, 1.82) is 0 Å². The molecule has 10 nitrogen and oxygen atoms in total. The highest BCUT2D eigenvalue weighted by atomic mass is 16.5. The Kier molecular flexibility index (Phi) is 5.28. The Morgan fingerprint density at radius 2 is 1.88 bits per heavy atom. The van der Waals surface area contributed by atoms with Crippen molar-refractivity contribution in [2.45, 2.75) is 37.7 Å². The third-order valence-electron chi connectivity index (χ3n) is 6.87. The van der Waals surface area contributed by atoms with Crippen molar-refractivity contribution in [2.75, 3.05) is 7.11 Å². The number of ketones is 2. The van der Waals surface area contributed by atoms with Gasteiger partial charge in [0.25, 0.3) is 5.91 Å². The summed E-state index contributed by atoms with van der Waals surface area (Å²) >= 11 is 0. The van der Waals surface area contributed by atoms with E-state index in [1.54, 1.807) is 6.07 Å². The van der Waals surface area contributed by atoms with E-state index in [2.05, 4.69) is 4.74 Å². The number of amides is 1. The van der Waals surface area contributed by atoms with Crippen LogP contribution in [0.2, 0.25) is 0 Å². The molecule has 6 N–H and O–H groups in total. The van der Waals surface area contributed by atoms with Crippen LogP contribution in [0.25, 0.3) is 5.76 Å². The van der Waals surface area contributed by atoms with Crippen molar-refractivity contribution in [3.05, 3.63) is 45.7 Å². The molecule has 4 rings (SSSR count). The van der Waals surface area contributed by atoms with E-state index >= 15 is 0 Å². The van der Waals surface area contributed by atoms with Crippen molar-refractivity contribution < 1.29 is 44.3 Å². The zero-order chi connectivity index (χ0) is 24.2. The quantitative estimate of drug-likeness (QED) is 0.318. The molecule has 0 spiro atoms. The van der Waals surface area contributed by atoms with Gasteiger partial charge >= 0.3 is 5.97 Å². The minimum Gasteiger partial charge on any atom is -0.508 e. The van der Waals surface area contributed by atoms with E-state index < -0.39 is 58.0 Å². The number of carbonyl (C=O) groups is 4. The lowest BCUT2D eigenvalue weighted by Crippen LogP contribution is -2.58. The fourth-order valence-corrected chi connectivity index (χ4v) is 5.26. The SMILES string of the molecule is COC(=O)CCc1ccc(O)c2c1CC1C[C@H]3CC(=O)C(C(N)=O)=C(O)[C@@]3(O)C(=O)C1=C2O. The highest BCUT2D eigenvalue weighted by Crippen LogP contribution is 2.52. The van der Waals surface area contributed by atoms with Gasteiger partial charge < -0.3 is 30.9 Å². The Balaban J connectivity index is 1.84. The maximum absolute atomic E-state index is 13.4. The molecule has 174 valence electrons. The first-order chi connectivity index (χ1) is 15.5. The first kappa shape index (κ1) is 22.5. The predicted molar refractivity (Wildman–Crippen MR) is 112 cm³/mol. The summed E-state index contributed by atoms with van der Waals surface area (Å²) in [5.74, 6) is -7.12. The first-order valence-corrected chi connectivity index (χ1v) is 10.4. The molecule has 1 unspecified atom stereocenters. The largest absolute Gasteiger partial charge is 0.508 e. The molecule has 3 atom stereocenters. The summed E-state index contributed by atoms with van der Waals surface area (Å²) in [7, 11) is 1.27. The van der Waals surface area contributed by atoms with Crippen molar-refractivity contribution in [3.63, 3.8) is 0 Å². The molecule has 0 aromatic heterocycles. The van der Waals surface area contributed by atoms with Gasteiger partial charge in [-0.25, -0.2) is 0 Å². The molecule has 1 fully saturated rings. The number of benzene rings is 1. The molecule has 0 radical (unpaired) electrons. The zero-order valence-corrected chi connectivity index (χ0v) is 17.8. The lowest BCUT2D eigenvalue weighted by Gasteiger charge is -2.46. The van der Waals surface area contributed by atoms with Crippen LogP contribution in [0.4, 0.5) is 0 Å². The van der Waals surface area contributed by atoms with E-state index in [1.807, 2.05) is 0 Å². The number of ether oxygens (including phenoxy) is 1. The van der Waals surface area contributed by atoms with E-state index in [1.165, 1.54) is 13.2 Å². The monoisotopic (exact) mass is 457 g/mol. The van der Waals surface area contributed by atoms with E-state index in [4.69, 9.17) is 5.73 Å². The average Bonchev–Trinajstić information content (AvgIpc) is 2.75. The Morgan fingerprint density at radius 3 is 2.52 bits per heavy atom. The molecule has 3 aliphatic carbocycles. The lowest BCUT2D eigenvalue weighted by atomic mass is 9.59. The van der Waals surface area contributed by atoms with Crippen LogP contribution in [-0.4, -0.2) is 56.6 Å². The normalized spacial score (nSPS) is 26.5. The highest BCUT2D eigenvalue weighted by molar-refractivity contribution is 6.22. The number of aliphatic hydroxyl groups excluding tert-OH is 2. The van der Waals surface area contributed by atoms with Gasteiger partial charge in [-0.05, 0) is 42.4 Å². The van der Waals surface area contributed by atoms with Gasteiger partial charge in [0.05, 0.1) is 12.7 Å². The Hall–Kier alpha value is -3.66. The van der Waals surface area contributed by atoms with Crippen LogP contribution in [0, 0.1) is 11.8 Å². The number of rotatable bonds is 4. The second-order valence-electron chi connectivity index (χ2n) is 8.58. The number of primary amides is 1. The maximum Gasteiger partial charge on any atom is 0.305 e. The molecule has 0 aliphatic heterocycles. The highest BCUT2D eigenvalue weighted by Gasteiger charge is 2.60. The van der Waals surface area contributed by atoms with Gasteiger partial charge in [-0.1, -0.05) is 6.07 Å². The summed E-state index contributed by atoms with van der Waals surface area (Å²) in [6.07, 6.45) is 0.210. The topological polar surface area (TPSA) is 184 Å². The van der Waals surface area contributed by atoms with Crippen LogP contribution in [0.15, 0.2) is 29.0 Å². The average molecular weight is 457 g/mol. The first-order valence-electron chi connectivity index (χ1n) is 10.4. The number of phenolic OH excluding ortho intramolecular Hbond substituents is 1. The fraction of sp³-hybridized carbons (Fsp3) is 0.391. The van der Waals surface area contributed by atoms with E-state index in [0.717, 1.165) is 0 Å². The summed E-state index contributed by atoms with van der Waals surface area (Å²) in [5, 5.41) is 43.2. The number of nitrogens with two attached hydrogens (primary N) is 1. The number of fused-ring (bicyclic) bond motifs is 3. The third-order valence-corrected chi connectivity index (χ3v) is 6.87. The molecule has 0 bridgehead atoms. The van der Waals surface area contributed by atoms with Crippen molar-refractivity contribution in [3.8, 4) is 5.75 Å². The Labute approximate surface area is 188 Å². The molecular formula is C23H23NO9. The predicted octanol–water partition coefficient (Wildman–Crippen LogP) is 0.529. The number of methoxy groups -OCH3 is 1. The summed E-state index contributed by atoms with van der Waals surface area (Å²) in [6.45, 7) is 0. The van der Waals surface area contributed by atoms with Crippen molar-refractivity contribution in [2.24, 2.45) is 17.6 Å². The van der Waals surface area contributed by atoms with Gasteiger partial charge in [-0.2, -0.15) is 0 Å². The van der Waals surface area contributed by atoms with Crippen LogP contribution in [0.1, 0.15) is 36.0 Å². The van der Waals surface area contributed by atoms with Gasteiger partial charge in [0.15, 0.2) is 11.4 Å². The summed E-state index contributed by atoms with van der Waals surface area (Å²) in [5.41, 5.74) is 2.77. The van der Waals surface area contributed by atoms with Crippen LogP contribution in [-0.2, 0) is 36.8 Å². The zero-order valence-electron chi connectivity index (χ0n) is 17.8. The van der Waals surface area contributed by atoms with Crippen LogP contribution >= 0.6 is 0 Å². The van der Waals surface area contributed by atoms with Crippen LogP contribution < -0.4 is 5.73 Å². The van der Waals surface area contributed by atoms with Gasteiger partial charge in [-0.15, -0.1) is 0 Å². The minimum absolute atomic E-state index is 0.00416. The van der Waals surface area contributed by atoms with Crippen molar-refractivity contribution in [1.82, 2.24) is 0 Å². The molecule has 1 aromatic carbocycles. The number of aromatic hydroxyl groups is 1. The minimum atomic E-state index is -2.59. The van der Waals surface area contributed by atoms with E-state index in [0.29, 0.717) is 11.1 Å². The number of phenols is 1. The van der Waals surface area contributed by atoms with Gasteiger partial charge in [-0.3, -0.25) is 19.2 Å². The molecule has 1 saturated carbocycles. The number of Topliss-reactive ketones (excluding diaryl/α,β-unsaturated/α-hetero) is 2. The lowest BCUT2D eigenvalue weighted by molar-refractivity contribution is -0.147. The molecular weight excluding hydrogens is 434 g/mol. The number of aryl methyl sites for hydroxylation is 1. The number of esters is 1. The third kappa shape index (κ3) is 3.20. The van der Waals surface area contributed by atoms with Crippen molar-refractivity contribution >= 4 is 29.2 Å². The molecule has 1 aromatic rings. The van der Waals surface area contributed by atoms with Gasteiger partial charge in [0.1, 0.15) is 22.8 Å². The van der Waals surface area contributed by atoms with E-state index in [-0.39, 0.29) is 49.0 Å². The molecule has 1 amide bonds. The Bertz CT molecular complexity index is 1180. The second-order valence-corrected chi connectivity index (χ2v) is 8.58. The second kappa shape index (κ2) is 7.73. The fourth-order valence-electron chi connectivity index (χ4n) is 5.26. The smallest absolute Gasteiger partial charge is 0.305 e. The standard InChI is InChI=1S/C23H23NO9/c1-33-15(27)5-3-9-2-4-13(25)17-12(9)7-10-6-11-8-14(26)18(22(24)31)21(30)23(11,32)20(29)16(10)19(17)28/h2,4,10-11,25,28,30,32H,3,5-8H2,1H3,(H2,24,31)/t10?,11-,23-/m0/s1.